The summed E-state index contributed by atoms with van der Waals surface area (Å²) >= 11 is 0. The second kappa shape index (κ2) is 5.59. The summed E-state index contributed by atoms with van der Waals surface area (Å²) in [5.41, 5.74) is 7.59. The summed E-state index contributed by atoms with van der Waals surface area (Å²) in [6.07, 6.45) is 0. The molecule has 0 atom stereocenters. The van der Waals surface area contributed by atoms with E-state index in [-0.39, 0.29) is 21.9 Å². The number of hydrogen-bond acceptors (Lipinski definition) is 4. The fourth-order valence-corrected chi connectivity index (χ4v) is 5.19. The van der Waals surface area contributed by atoms with Crippen LogP contribution in [0.2, 0.25) is 0 Å². The normalized spacial score (nSPS) is 18.4. The van der Waals surface area contributed by atoms with E-state index in [0.29, 0.717) is 5.69 Å². The molecule has 0 saturated heterocycles. The molecule has 1 aliphatic heterocycles. The standard InChI is InChI=1S/C17H16N3O4S/c1-17(2)16(18)15(12-7-6-10-14(11-12)20(21)22)25(23,24)19(17)13-8-4-3-5-9-13/h3-11,18H,1-2H3/q-1. The molecular formula is C17H16N3O4S-. The number of benzene rings is 2. The Morgan fingerprint density at radius 2 is 1.72 bits per heavy atom. The van der Waals surface area contributed by atoms with Crippen molar-refractivity contribution >= 4 is 26.3 Å². The van der Waals surface area contributed by atoms with Gasteiger partial charge < -0.3 is 5.73 Å². The second-order valence-corrected chi connectivity index (χ2v) is 7.90. The van der Waals surface area contributed by atoms with Gasteiger partial charge in [0.25, 0.3) is 15.7 Å². The Balaban J connectivity index is 2.23. The lowest BCUT2D eigenvalue weighted by atomic mass is 9.98. The van der Waals surface area contributed by atoms with Gasteiger partial charge in [0, 0.05) is 17.7 Å². The van der Waals surface area contributed by atoms with Crippen molar-refractivity contribution in [2.75, 3.05) is 4.31 Å². The molecule has 0 aliphatic carbocycles. The summed E-state index contributed by atoms with van der Waals surface area (Å²) in [7, 11) is -4.03. The highest BCUT2D eigenvalue weighted by molar-refractivity contribution is 8.02. The Bertz CT molecular complexity index is 982. The highest BCUT2D eigenvalue weighted by atomic mass is 32.2. The molecule has 7 nitrogen and oxygen atoms in total. The molecule has 0 unspecified atom stereocenters. The SMILES string of the molecule is CC1(C)C([NH-])=C(c2cccc([N+](=O)[O-])c2)S(=O)(=O)N1c1ccccc1. The minimum atomic E-state index is -4.03. The zero-order valence-electron chi connectivity index (χ0n) is 13.6. The summed E-state index contributed by atoms with van der Waals surface area (Å²) in [6, 6.07) is 13.9. The largest absolute Gasteiger partial charge is 0.699 e. The van der Waals surface area contributed by atoms with E-state index >= 15 is 0 Å². The van der Waals surface area contributed by atoms with Crippen molar-refractivity contribution in [3.8, 4) is 0 Å². The molecule has 0 spiro atoms. The van der Waals surface area contributed by atoms with Crippen molar-refractivity contribution in [2.24, 2.45) is 0 Å². The monoisotopic (exact) mass is 358 g/mol. The highest BCUT2D eigenvalue weighted by Gasteiger charge is 2.46. The van der Waals surface area contributed by atoms with Crippen molar-refractivity contribution in [2.45, 2.75) is 19.4 Å². The van der Waals surface area contributed by atoms with E-state index in [1.165, 1.54) is 28.6 Å². The van der Waals surface area contributed by atoms with Crippen molar-refractivity contribution in [1.29, 1.82) is 0 Å². The van der Waals surface area contributed by atoms with E-state index in [1.54, 1.807) is 44.2 Å². The number of nitrogens with one attached hydrogen (secondary N) is 1. The van der Waals surface area contributed by atoms with Gasteiger partial charge in [0.15, 0.2) is 0 Å². The number of non-ortho nitro benzene ring substituents is 1. The molecule has 0 aromatic heterocycles. The van der Waals surface area contributed by atoms with Gasteiger partial charge in [0.2, 0.25) is 0 Å². The van der Waals surface area contributed by atoms with Gasteiger partial charge in [-0.25, -0.2) is 8.42 Å². The lowest BCUT2D eigenvalue weighted by molar-refractivity contribution is -0.384. The zero-order chi connectivity index (χ0) is 18.4. The predicted octanol–water partition coefficient (Wildman–Crippen LogP) is 3.94. The Morgan fingerprint density at radius 3 is 2.32 bits per heavy atom. The third kappa shape index (κ3) is 2.54. The average molecular weight is 358 g/mol. The van der Waals surface area contributed by atoms with Crippen LogP contribution in [0.15, 0.2) is 60.3 Å². The smallest absolute Gasteiger partial charge is 0.270 e. The molecule has 0 radical (unpaired) electrons. The van der Waals surface area contributed by atoms with Crippen LogP contribution >= 0.6 is 0 Å². The van der Waals surface area contributed by atoms with Crippen molar-refractivity contribution in [3.63, 3.8) is 0 Å². The van der Waals surface area contributed by atoms with Crippen molar-refractivity contribution in [1.82, 2.24) is 0 Å². The van der Waals surface area contributed by atoms with Gasteiger partial charge >= 0.3 is 0 Å². The van der Waals surface area contributed by atoms with E-state index in [0.717, 1.165) is 0 Å². The second-order valence-electron chi connectivity index (χ2n) is 6.18. The molecule has 8 heteroatoms. The van der Waals surface area contributed by atoms with E-state index in [9.17, 15) is 18.5 Å². The lowest BCUT2D eigenvalue weighted by Gasteiger charge is -2.36. The van der Waals surface area contributed by atoms with Gasteiger partial charge in [-0.3, -0.25) is 14.4 Å². The zero-order valence-corrected chi connectivity index (χ0v) is 14.4. The number of para-hydroxylation sites is 1. The molecular weight excluding hydrogens is 342 g/mol. The quantitative estimate of drug-likeness (QED) is 0.612. The number of sulfonamides is 1. The van der Waals surface area contributed by atoms with Crippen LogP contribution in [0.4, 0.5) is 11.4 Å². The van der Waals surface area contributed by atoms with Gasteiger partial charge in [-0.05, 0) is 26.0 Å². The summed E-state index contributed by atoms with van der Waals surface area (Å²) in [5, 5.41) is 11.0. The van der Waals surface area contributed by atoms with Gasteiger partial charge in [-0.1, -0.05) is 30.3 Å². The minimum absolute atomic E-state index is 0.100. The fraction of sp³-hybridized carbons (Fsp3) is 0.176. The molecule has 0 bridgehead atoms. The van der Waals surface area contributed by atoms with Crippen LogP contribution in [0.1, 0.15) is 19.4 Å². The summed E-state index contributed by atoms with van der Waals surface area (Å²) < 4.78 is 27.5. The minimum Gasteiger partial charge on any atom is -0.699 e. The first-order valence-electron chi connectivity index (χ1n) is 7.49. The molecule has 0 saturated carbocycles. The lowest BCUT2D eigenvalue weighted by Crippen LogP contribution is -2.43. The predicted molar refractivity (Wildman–Crippen MR) is 96.3 cm³/mol. The number of hydrogen-bond donors (Lipinski definition) is 0. The van der Waals surface area contributed by atoms with Crippen molar-refractivity contribution < 1.29 is 13.3 Å². The third-order valence-electron chi connectivity index (χ3n) is 4.15. The summed E-state index contributed by atoms with van der Waals surface area (Å²) in [5.74, 6) is 0. The Morgan fingerprint density at radius 1 is 1.08 bits per heavy atom. The van der Waals surface area contributed by atoms with Crippen LogP contribution in [0.3, 0.4) is 0 Å². The van der Waals surface area contributed by atoms with Crippen LogP contribution in [0.25, 0.3) is 10.6 Å². The molecule has 0 fully saturated rings. The molecule has 1 N–H and O–H groups in total. The van der Waals surface area contributed by atoms with E-state index in [4.69, 9.17) is 5.73 Å². The Kier molecular flexibility index (Phi) is 3.80. The van der Waals surface area contributed by atoms with E-state index < -0.39 is 20.5 Å². The summed E-state index contributed by atoms with van der Waals surface area (Å²) in [6.45, 7) is 3.29. The number of nitro groups is 1. The summed E-state index contributed by atoms with van der Waals surface area (Å²) in [4.78, 5) is 10.2. The van der Waals surface area contributed by atoms with Gasteiger partial charge in [-0.2, -0.15) is 0 Å². The maximum atomic E-state index is 13.2. The molecule has 130 valence electrons. The topological polar surface area (TPSA) is 104 Å². The highest BCUT2D eigenvalue weighted by Crippen LogP contribution is 2.47. The van der Waals surface area contributed by atoms with Gasteiger partial charge in [0.05, 0.1) is 21.1 Å². The van der Waals surface area contributed by atoms with Crippen LogP contribution in [0, 0.1) is 10.1 Å². The molecule has 3 rings (SSSR count). The molecule has 2 aromatic carbocycles. The first-order valence-corrected chi connectivity index (χ1v) is 8.93. The number of nitrogens with zero attached hydrogens (tertiary/aromatic N) is 2. The Hall–Kier alpha value is -2.87. The van der Waals surface area contributed by atoms with Crippen LogP contribution in [-0.4, -0.2) is 18.9 Å². The van der Waals surface area contributed by atoms with Gasteiger partial charge in [-0.15, -0.1) is 5.70 Å². The third-order valence-corrected chi connectivity index (χ3v) is 6.26. The number of nitro benzene ring substituents is 1. The maximum Gasteiger partial charge on any atom is 0.270 e. The van der Waals surface area contributed by atoms with E-state index in [2.05, 4.69) is 0 Å². The average Bonchev–Trinajstić information content (AvgIpc) is 2.69. The molecule has 0 amide bonds. The number of anilines is 1. The van der Waals surface area contributed by atoms with Crippen LogP contribution < -0.4 is 4.31 Å². The molecule has 1 heterocycles. The maximum absolute atomic E-state index is 13.2. The molecule has 1 aliphatic rings. The first kappa shape index (κ1) is 17.0. The fourth-order valence-electron chi connectivity index (χ4n) is 2.98. The molecule has 2 aromatic rings. The first-order chi connectivity index (χ1) is 11.7. The molecule has 25 heavy (non-hydrogen) atoms. The van der Waals surface area contributed by atoms with Crippen molar-refractivity contribution in [3.05, 3.63) is 81.7 Å². The van der Waals surface area contributed by atoms with E-state index in [1.807, 2.05) is 0 Å². The van der Waals surface area contributed by atoms with Crippen LogP contribution in [0.5, 0.6) is 0 Å². The van der Waals surface area contributed by atoms with Gasteiger partial charge in [0.1, 0.15) is 0 Å². The Labute approximate surface area is 145 Å². The van der Waals surface area contributed by atoms with Crippen LogP contribution in [-0.2, 0) is 10.0 Å². The number of rotatable bonds is 3.